The van der Waals surface area contributed by atoms with Crippen LogP contribution in [0.1, 0.15) is 11.6 Å². The first kappa shape index (κ1) is 11.7. The van der Waals surface area contributed by atoms with Crippen molar-refractivity contribution in [3.63, 3.8) is 0 Å². The summed E-state index contributed by atoms with van der Waals surface area (Å²) in [5, 5.41) is 20.7. The van der Waals surface area contributed by atoms with E-state index in [1.165, 1.54) is 4.68 Å². The maximum atomic E-state index is 9.70. The van der Waals surface area contributed by atoms with Gasteiger partial charge >= 0.3 is 0 Å². The third-order valence-electron chi connectivity index (χ3n) is 2.23. The van der Waals surface area contributed by atoms with E-state index in [4.69, 9.17) is 9.15 Å². The molecule has 92 valence electrons. The van der Waals surface area contributed by atoms with Crippen molar-refractivity contribution in [2.45, 2.75) is 26.2 Å². The van der Waals surface area contributed by atoms with Gasteiger partial charge in [-0.1, -0.05) is 0 Å². The van der Waals surface area contributed by atoms with Crippen molar-refractivity contribution in [3.8, 4) is 0 Å². The molecule has 0 saturated carbocycles. The molecule has 0 aliphatic heterocycles. The van der Waals surface area contributed by atoms with E-state index in [9.17, 15) is 5.11 Å². The summed E-state index contributed by atoms with van der Waals surface area (Å²) in [6.45, 7) is 2.64. The lowest BCUT2D eigenvalue weighted by atomic mass is 10.4. The zero-order chi connectivity index (χ0) is 12.1. The van der Waals surface area contributed by atoms with Crippen molar-refractivity contribution in [3.05, 3.63) is 30.0 Å². The maximum Gasteiger partial charge on any atom is 0.148 e. The third-order valence-corrected chi connectivity index (χ3v) is 2.23. The van der Waals surface area contributed by atoms with Gasteiger partial charge in [0.1, 0.15) is 18.2 Å². The highest BCUT2D eigenvalue weighted by molar-refractivity contribution is 4.96. The summed E-state index contributed by atoms with van der Waals surface area (Å²) >= 11 is 0. The molecule has 0 saturated heterocycles. The molecular formula is C10H14N4O3. The zero-order valence-electron chi connectivity index (χ0n) is 9.48. The Labute approximate surface area is 98.0 Å². The largest absolute Gasteiger partial charge is 0.467 e. The molecule has 2 aromatic heterocycles. The standard InChI is InChI=1S/C10H14N4O3/c1-8-11-12-13-14(8)5-9(15)6-16-7-10-3-2-4-17-10/h2-4,9,15H,5-7H2,1H3. The minimum Gasteiger partial charge on any atom is -0.467 e. The molecule has 2 aromatic rings. The Balaban J connectivity index is 1.71. The van der Waals surface area contributed by atoms with Crippen LogP contribution in [0.4, 0.5) is 0 Å². The summed E-state index contributed by atoms with van der Waals surface area (Å²) < 4.78 is 11.9. The first-order chi connectivity index (χ1) is 8.25. The average molecular weight is 238 g/mol. The van der Waals surface area contributed by atoms with Crippen molar-refractivity contribution >= 4 is 0 Å². The van der Waals surface area contributed by atoms with Gasteiger partial charge in [0.15, 0.2) is 0 Å². The second-order valence-electron chi connectivity index (χ2n) is 3.66. The number of aryl methyl sites for hydroxylation is 1. The fourth-order valence-electron chi connectivity index (χ4n) is 1.36. The van der Waals surface area contributed by atoms with Crippen LogP contribution in [-0.4, -0.2) is 38.0 Å². The monoisotopic (exact) mass is 238 g/mol. The van der Waals surface area contributed by atoms with Crippen LogP contribution < -0.4 is 0 Å². The number of ether oxygens (including phenoxy) is 1. The van der Waals surface area contributed by atoms with Crippen LogP contribution >= 0.6 is 0 Å². The lowest BCUT2D eigenvalue weighted by molar-refractivity contribution is 0.0126. The number of hydrogen-bond acceptors (Lipinski definition) is 6. The minimum atomic E-state index is -0.646. The quantitative estimate of drug-likeness (QED) is 0.771. The van der Waals surface area contributed by atoms with Gasteiger partial charge in [0, 0.05) is 0 Å². The molecule has 2 rings (SSSR count). The number of rotatable bonds is 6. The third kappa shape index (κ3) is 3.36. The molecule has 0 aromatic carbocycles. The van der Waals surface area contributed by atoms with Crippen LogP contribution in [0.2, 0.25) is 0 Å². The van der Waals surface area contributed by atoms with Crippen LogP contribution in [0.25, 0.3) is 0 Å². The van der Waals surface area contributed by atoms with Crippen molar-refractivity contribution in [2.75, 3.05) is 6.61 Å². The van der Waals surface area contributed by atoms with Crippen molar-refractivity contribution in [1.82, 2.24) is 20.2 Å². The molecule has 7 nitrogen and oxygen atoms in total. The Morgan fingerprint density at radius 3 is 3.12 bits per heavy atom. The summed E-state index contributed by atoms with van der Waals surface area (Å²) in [6.07, 6.45) is 0.937. The second-order valence-corrected chi connectivity index (χ2v) is 3.66. The number of nitrogens with zero attached hydrogens (tertiary/aromatic N) is 4. The Kier molecular flexibility index (Phi) is 3.84. The number of tetrazole rings is 1. The summed E-state index contributed by atoms with van der Waals surface area (Å²) in [5.41, 5.74) is 0. The van der Waals surface area contributed by atoms with Crippen LogP contribution in [-0.2, 0) is 17.9 Å². The van der Waals surface area contributed by atoms with Crippen LogP contribution in [0, 0.1) is 6.92 Å². The van der Waals surface area contributed by atoms with E-state index < -0.39 is 6.10 Å². The SMILES string of the molecule is Cc1nnnn1CC(O)COCc1ccco1. The van der Waals surface area contributed by atoms with Gasteiger partial charge < -0.3 is 14.3 Å². The van der Waals surface area contributed by atoms with Crippen LogP contribution in [0.15, 0.2) is 22.8 Å². The molecule has 2 heterocycles. The molecule has 0 bridgehead atoms. The molecular weight excluding hydrogens is 224 g/mol. The molecule has 0 aliphatic carbocycles. The second kappa shape index (κ2) is 5.55. The summed E-state index contributed by atoms with van der Waals surface area (Å²) in [4.78, 5) is 0. The Morgan fingerprint density at radius 2 is 2.47 bits per heavy atom. The molecule has 0 fully saturated rings. The van der Waals surface area contributed by atoms with E-state index in [-0.39, 0.29) is 6.61 Å². The van der Waals surface area contributed by atoms with E-state index in [1.54, 1.807) is 19.3 Å². The normalized spacial score (nSPS) is 12.8. The highest BCUT2D eigenvalue weighted by atomic mass is 16.5. The molecule has 1 atom stereocenters. The van der Waals surface area contributed by atoms with Crippen LogP contribution in [0.3, 0.4) is 0 Å². The van der Waals surface area contributed by atoms with Gasteiger partial charge in [0.05, 0.1) is 25.5 Å². The minimum absolute atomic E-state index is 0.208. The van der Waals surface area contributed by atoms with Gasteiger partial charge in [-0.05, 0) is 29.5 Å². The van der Waals surface area contributed by atoms with E-state index in [2.05, 4.69) is 15.5 Å². The zero-order valence-corrected chi connectivity index (χ0v) is 9.48. The van der Waals surface area contributed by atoms with E-state index in [0.717, 1.165) is 5.76 Å². The first-order valence-electron chi connectivity index (χ1n) is 5.26. The summed E-state index contributed by atoms with van der Waals surface area (Å²) in [7, 11) is 0. The fourth-order valence-corrected chi connectivity index (χ4v) is 1.36. The molecule has 0 aliphatic rings. The maximum absolute atomic E-state index is 9.70. The predicted molar refractivity (Wildman–Crippen MR) is 56.9 cm³/mol. The van der Waals surface area contributed by atoms with E-state index in [1.807, 2.05) is 6.07 Å². The lowest BCUT2D eigenvalue weighted by Gasteiger charge is -2.10. The van der Waals surface area contributed by atoms with E-state index in [0.29, 0.717) is 19.0 Å². The molecule has 1 unspecified atom stereocenters. The highest BCUT2D eigenvalue weighted by Gasteiger charge is 2.09. The Morgan fingerprint density at radius 1 is 1.59 bits per heavy atom. The molecule has 0 amide bonds. The Bertz CT molecular complexity index is 440. The molecule has 1 N–H and O–H groups in total. The number of furan rings is 1. The summed E-state index contributed by atoms with van der Waals surface area (Å²) in [5.74, 6) is 1.39. The number of aliphatic hydroxyl groups excluding tert-OH is 1. The fraction of sp³-hybridized carbons (Fsp3) is 0.500. The van der Waals surface area contributed by atoms with Gasteiger partial charge in [0.25, 0.3) is 0 Å². The van der Waals surface area contributed by atoms with Gasteiger partial charge in [-0.25, -0.2) is 4.68 Å². The van der Waals surface area contributed by atoms with Crippen molar-refractivity contribution in [1.29, 1.82) is 0 Å². The van der Waals surface area contributed by atoms with Crippen LogP contribution in [0.5, 0.6) is 0 Å². The molecule has 0 spiro atoms. The van der Waals surface area contributed by atoms with Gasteiger partial charge in [-0.2, -0.15) is 0 Å². The smallest absolute Gasteiger partial charge is 0.148 e. The molecule has 7 heteroatoms. The lowest BCUT2D eigenvalue weighted by Crippen LogP contribution is -2.23. The van der Waals surface area contributed by atoms with E-state index >= 15 is 0 Å². The predicted octanol–water partition coefficient (Wildman–Crippen LogP) is 0.152. The Hall–Kier alpha value is -1.73. The molecule has 17 heavy (non-hydrogen) atoms. The average Bonchev–Trinajstić information content (AvgIpc) is 2.92. The first-order valence-corrected chi connectivity index (χ1v) is 5.26. The highest BCUT2D eigenvalue weighted by Crippen LogP contribution is 2.02. The summed E-state index contributed by atoms with van der Waals surface area (Å²) in [6, 6.07) is 3.61. The molecule has 0 radical (unpaired) electrons. The van der Waals surface area contributed by atoms with Gasteiger partial charge in [-0.3, -0.25) is 0 Å². The van der Waals surface area contributed by atoms with Crippen molar-refractivity contribution in [2.24, 2.45) is 0 Å². The number of hydrogen-bond donors (Lipinski definition) is 1. The number of aromatic nitrogens is 4. The topological polar surface area (TPSA) is 86.2 Å². The van der Waals surface area contributed by atoms with Gasteiger partial charge in [-0.15, -0.1) is 5.10 Å². The van der Waals surface area contributed by atoms with Gasteiger partial charge in [0.2, 0.25) is 0 Å². The number of aliphatic hydroxyl groups is 1. The van der Waals surface area contributed by atoms with Crippen molar-refractivity contribution < 1.29 is 14.3 Å².